The lowest BCUT2D eigenvalue weighted by Crippen LogP contribution is -2.32. The second kappa shape index (κ2) is 8.88. The van der Waals surface area contributed by atoms with E-state index in [0.29, 0.717) is 17.0 Å². The molecule has 1 N–H and O–H groups in total. The summed E-state index contributed by atoms with van der Waals surface area (Å²) in [6.45, 7) is 3.75. The van der Waals surface area contributed by atoms with Gasteiger partial charge in [0, 0.05) is 5.69 Å². The Morgan fingerprint density at radius 2 is 1.61 bits per heavy atom. The summed E-state index contributed by atoms with van der Waals surface area (Å²) in [4.78, 5) is 38.6. The minimum Gasteiger partial charge on any atom is -0.423 e. The number of anilines is 2. The van der Waals surface area contributed by atoms with Gasteiger partial charge in [0.25, 0.3) is 11.8 Å². The molecule has 0 aromatic heterocycles. The third kappa shape index (κ3) is 4.49. The Morgan fingerprint density at radius 1 is 0.939 bits per heavy atom. The van der Waals surface area contributed by atoms with Crippen LogP contribution in [-0.4, -0.2) is 17.8 Å². The van der Waals surface area contributed by atoms with Gasteiger partial charge in [0.1, 0.15) is 22.3 Å². The zero-order valence-corrected chi connectivity index (χ0v) is 18.4. The van der Waals surface area contributed by atoms with Crippen molar-refractivity contribution in [2.75, 3.05) is 10.2 Å². The lowest BCUT2D eigenvalue weighted by Gasteiger charge is -2.15. The Morgan fingerprint density at radius 3 is 2.27 bits per heavy atom. The highest BCUT2D eigenvalue weighted by atomic mass is 35.5. The second-order valence-electron chi connectivity index (χ2n) is 7.47. The van der Waals surface area contributed by atoms with Crippen LogP contribution in [0.5, 0.6) is 5.75 Å². The molecule has 0 aliphatic carbocycles. The van der Waals surface area contributed by atoms with Gasteiger partial charge in [0.2, 0.25) is 0 Å². The van der Waals surface area contributed by atoms with Crippen molar-refractivity contribution < 1.29 is 23.5 Å². The van der Waals surface area contributed by atoms with Crippen molar-refractivity contribution in [3.05, 3.63) is 100.0 Å². The van der Waals surface area contributed by atoms with Gasteiger partial charge >= 0.3 is 5.97 Å². The van der Waals surface area contributed by atoms with Gasteiger partial charge in [-0.05, 0) is 79.6 Å². The van der Waals surface area contributed by atoms with E-state index in [1.165, 1.54) is 24.3 Å². The third-order valence-corrected chi connectivity index (χ3v) is 5.40. The summed E-state index contributed by atoms with van der Waals surface area (Å²) in [6.07, 6.45) is 0. The molecule has 3 aromatic rings. The van der Waals surface area contributed by atoms with Crippen LogP contribution >= 0.6 is 11.6 Å². The molecule has 0 spiro atoms. The second-order valence-corrected chi connectivity index (χ2v) is 7.85. The number of carbonyl (C=O) groups is 3. The number of hydrogen-bond acceptors (Lipinski definition) is 5. The molecule has 1 aliphatic heterocycles. The first-order valence-electron chi connectivity index (χ1n) is 9.95. The van der Waals surface area contributed by atoms with Gasteiger partial charge in [0.15, 0.2) is 0 Å². The molecule has 4 rings (SSSR count). The first-order chi connectivity index (χ1) is 15.7. The van der Waals surface area contributed by atoms with Gasteiger partial charge in [-0.3, -0.25) is 9.59 Å². The highest BCUT2D eigenvalue weighted by molar-refractivity contribution is 6.53. The number of hydrogen-bond donors (Lipinski definition) is 1. The van der Waals surface area contributed by atoms with E-state index in [9.17, 15) is 18.8 Å². The average Bonchev–Trinajstić information content (AvgIpc) is 3.00. The van der Waals surface area contributed by atoms with Crippen LogP contribution in [0.1, 0.15) is 21.5 Å². The molecule has 0 radical (unpaired) electrons. The summed E-state index contributed by atoms with van der Waals surface area (Å²) < 4.78 is 18.7. The molecule has 0 saturated carbocycles. The third-order valence-electron chi connectivity index (χ3n) is 5.05. The van der Waals surface area contributed by atoms with Crippen molar-refractivity contribution in [1.29, 1.82) is 0 Å². The van der Waals surface area contributed by atoms with Crippen LogP contribution in [0.15, 0.2) is 77.5 Å². The molecule has 0 atom stereocenters. The molecule has 0 saturated heterocycles. The summed E-state index contributed by atoms with van der Waals surface area (Å²) >= 11 is 6.11. The molecule has 1 heterocycles. The summed E-state index contributed by atoms with van der Waals surface area (Å²) in [5.41, 5.74) is 2.64. The molecule has 2 amide bonds. The molecule has 6 nitrogen and oxygen atoms in total. The Labute approximate surface area is 194 Å². The van der Waals surface area contributed by atoms with Gasteiger partial charge < -0.3 is 10.1 Å². The van der Waals surface area contributed by atoms with Crippen LogP contribution in [0.4, 0.5) is 15.8 Å². The van der Waals surface area contributed by atoms with E-state index in [1.807, 2.05) is 26.0 Å². The number of nitrogens with one attached hydrogen (secondary N) is 1. The zero-order valence-electron chi connectivity index (χ0n) is 17.7. The summed E-state index contributed by atoms with van der Waals surface area (Å²) in [6, 6.07) is 16.7. The number of carbonyl (C=O) groups excluding carboxylic acids is 3. The van der Waals surface area contributed by atoms with Crippen molar-refractivity contribution in [3.63, 3.8) is 0 Å². The Bertz CT molecular complexity index is 1300. The van der Waals surface area contributed by atoms with E-state index in [4.69, 9.17) is 16.3 Å². The fraction of sp³-hybridized carbons (Fsp3) is 0.0800. The quantitative estimate of drug-likeness (QED) is 0.323. The lowest BCUT2D eigenvalue weighted by atomic mass is 10.1. The Balaban J connectivity index is 1.49. The smallest absolute Gasteiger partial charge is 0.343 e. The van der Waals surface area contributed by atoms with Crippen molar-refractivity contribution in [3.8, 4) is 5.75 Å². The maximum Gasteiger partial charge on any atom is 0.343 e. The minimum absolute atomic E-state index is 0.114. The van der Waals surface area contributed by atoms with Gasteiger partial charge in [-0.15, -0.1) is 0 Å². The molecular weight excluding hydrogens is 447 g/mol. The van der Waals surface area contributed by atoms with Crippen LogP contribution < -0.4 is 15.0 Å². The van der Waals surface area contributed by atoms with E-state index >= 15 is 0 Å². The molecule has 0 bridgehead atoms. The predicted molar refractivity (Wildman–Crippen MR) is 123 cm³/mol. The Hall–Kier alpha value is -3.97. The number of ether oxygens (including phenoxy) is 1. The Kier molecular flexibility index (Phi) is 5.98. The first kappa shape index (κ1) is 22.2. The standard InChI is InChI=1S/C25H18ClFN2O4/c1-14-3-4-15(2)20(13-14)33-25(32)16-5-9-18(10-6-16)28-22-21(26)23(30)29(24(22)31)19-11-7-17(27)8-12-19/h3-13,28H,1-2H3. The predicted octanol–water partition coefficient (Wildman–Crippen LogP) is 5.10. The van der Waals surface area contributed by atoms with Crippen molar-refractivity contribution in [2.24, 2.45) is 0 Å². The van der Waals surface area contributed by atoms with Crippen LogP contribution in [0.2, 0.25) is 0 Å². The highest BCUT2D eigenvalue weighted by Gasteiger charge is 2.38. The van der Waals surface area contributed by atoms with Gasteiger partial charge in [-0.25, -0.2) is 14.1 Å². The van der Waals surface area contributed by atoms with E-state index in [0.717, 1.165) is 28.2 Å². The summed E-state index contributed by atoms with van der Waals surface area (Å²) in [5.74, 6) is -1.93. The van der Waals surface area contributed by atoms with Crippen molar-refractivity contribution in [1.82, 2.24) is 0 Å². The fourth-order valence-corrected chi connectivity index (χ4v) is 3.46. The number of esters is 1. The number of imide groups is 1. The van der Waals surface area contributed by atoms with E-state index in [1.54, 1.807) is 18.2 Å². The molecule has 0 fully saturated rings. The number of halogens is 2. The van der Waals surface area contributed by atoms with Gasteiger partial charge in [-0.1, -0.05) is 23.7 Å². The van der Waals surface area contributed by atoms with Crippen molar-refractivity contribution in [2.45, 2.75) is 13.8 Å². The van der Waals surface area contributed by atoms with Crippen LogP contribution in [-0.2, 0) is 9.59 Å². The van der Waals surface area contributed by atoms with Crippen molar-refractivity contribution >= 4 is 40.8 Å². The minimum atomic E-state index is -0.718. The van der Waals surface area contributed by atoms with Gasteiger partial charge in [-0.2, -0.15) is 0 Å². The van der Waals surface area contributed by atoms with Crippen LogP contribution in [0, 0.1) is 19.7 Å². The van der Waals surface area contributed by atoms with Crippen LogP contribution in [0.3, 0.4) is 0 Å². The summed E-state index contributed by atoms with van der Waals surface area (Å²) in [5, 5.41) is 2.53. The molecule has 1 aliphatic rings. The summed E-state index contributed by atoms with van der Waals surface area (Å²) in [7, 11) is 0. The number of rotatable bonds is 5. The van der Waals surface area contributed by atoms with E-state index < -0.39 is 23.6 Å². The van der Waals surface area contributed by atoms with E-state index in [-0.39, 0.29) is 16.4 Å². The topological polar surface area (TPSA) is 75.7 Å². The number of aryl methyl sites for hydroxylation is 2. The highest BCUT2D eigenvalue weighted by Crippen LogP contribution is 2.30. The fourth-order valence-electron chi connectivity index (χ4n) is 3.25. The SMILES string of the molecule is Cc1ccc(C)c(OC(=O)c2ccc(NC3=C(Cl)C(=O)N(c4ccc(F)cc4)C3=O)cc2)c1. The first-order valence-corrected chi connectivity index (χ1v) is 10.3. The normalized spacial score (nSPS) is 13.5. The largest absolute Gasteiger partial charge is 0.423 e. The monoisotopic (exact) mass is 464 g/mol. The molecule has 0 unspecified atom stereocenters. The van der Waals surface area contributed by atoms with Gasteiger partial charge in [0.05, 0.1) is 11.3 Å². The zero-order chi connectivity index (χ0) is 23.7. The molecule has 3 aromatic carbocycles. The number of benzene rings is 3. The van der Waals surface area contributed by atoms with Crippen LogP contribution in [0.25, 0.3) is 0 Å². The molecule has 166 valence electrons. The maximum atomic E-state index is 13.2. The molecular formula is C25H18ClFN2O4. The average molecular weight is 465 g/mol. The lowest BCUT2D eigenvalue weighted by molar-refractivity contribution is -0.120. The van der Waals surface area contributed by atoms with E-state index in [2.05, 4.69) is 5.32 Å². The molecule has 33 heavy (non-hydrogen) atoms. The molecule has 8 heteroatoms. The number of nitrogens with zero attached hydrogens (tertiary/aromatic N) is 1. The number of amides is 2. The maximum absolute atomic E-state index is 13.2.